The Morgan fingerprint density at radius 2 is 2.00 bits per heavy atom. The molecule has 1 aromatic heterocycles. The number of nitrogens with zero attached hydrogens (tertiary/aromatic N) is 2. The molecule has 16 heavy (non-hydrogen) atoms. The van der Waals surface area contributed by atoms with Crippen LogP contribution in [-0.2, 0) is 0 Å². The molecule has 5 heteroatoms. The number of aryl methyl sites for hydroxylation is 1. The zero-order chi connectivity index (χ0) is 11.7. The second-order valence-electron chi connectivity index (χ2n) is 3.38. The molecule has 2 N–H and O–H groups in total. The summed E-state index contributed by atoms with van der Waals surface area (Å²) >= 11 is 5.67. The lowest BCUT2D eigenvalue weighted by atomic mass is 10.1. The quantitative estimate of drug-likeness (QED) is 0.830. The van der Waals surface area contributed by atoms with Gasteiger partial charge in [-0.3, -0.25) is 0 Å². The number of halogens is 2. The minimum Gasteiger partial charge on any atom is -0.368 e. The first-order valence-electron chi connectivity index (χ1n) is 4.63. The first-order chi connectivity index (χ1) is 7.56. The van der Waals surface area contributed by atoms with Gasteiger partial charge in [0.15, 0.2) is 0 Å². The van der Waals surface area contributed by atoms with E-state index in [1.807, 2.05) is 0 Å². The molecule has 0 aliphatic heterocycles. The normalized spacial score (nSPS) is 10.4. The summed E-state index contributed by atoms with van der Waals surface area (Å²) in [6, 6.07) is 6.08. The average Bonchev–Trinajstić information content (AvgIpc) is 2.15. The van der Waals surface area contributed by atoms with E-state index in [0.717, 1.165) is 0 Å². The van der Waals surface area contributed by atoms with Crippen LogP contribution in [0.4, 0.5) is 10.3 Å². The molecule has 0 amide bonds. The molecular formula is C11H9ClFN3. The summed E-state index contributed by atoms with van der Waals surface area (Å²) in [5, 5.41) is 0.347. The summed E-state index contributed by atoms with van der Waals surface area (Å²) in [5.74, 6) is -0.297. The van der Waals surface area contributed by atoms with Gasteiger partial charge < -0.3 is 5.73 Å². The van der Waals surface area contributed by atoms with E-state index < -0.39 is 5.82 Å². The highest BCUT2D eigenvalue weighted by Gasteiger charge is 2.08. The Hall–Kier alpha value is -1.68. The molecule has 0 spiro atoms. The van der Waals surface area contributed by atoms with Crippen molar-refractivity contribution in [1.82, 2.24) is 9.97 Å². The lowest BCUT2D eigenvalue weighted by Crippen LogP contribution is -1.99. The van der Waals surface area contributed by atoms with Crippen LogP contribution in [0.15, 0.2) is 24.3 Å². The Kier molecular flexibility index (Phi) is 2.75. The van der Waals surface area contributed by atoms with E-state index in [-0.39, 0.29) is 5.95 Å². The van der Waals surface area contributed by atoms with Gasteiger partial charge >= 0.3 is 0 Å². The highest BCUT2D eigenvalue weighted by Crippen LogP contribution is 2.24. The van der Waals surface area contributed by atoms with Crippen LogP contribution >= 0.6 is 11.6 Å². The van der Waals surface area contributed by atoms with Gasteiger partial charge in [-0.2, -0.15) is 0 Å². The molecule has 2 aromatic rings. The molecule has 1 heterocycles. The van der Waals surface area contributed by atoms with E-state index in [2.05, 4.69) is 9.97 Å². The van der Waals surface area contributed by atoms with E-state index >= 15 is 0 Å². The number of hydrogen-bond acceptors (Lipinski definition) is 3. The molecule has 0 fully saturated rings. The summed E-state index contributed by atoms with van der Waals surface area (Å²) in [7, 11) is 0. The van der Waals surface area contributed by atoms with Crippen molar-refractivity contribution in [3.8, 4) is 11.3 Å². The molecule has 1 aromatic carbocycles. The predicted octanol–water partition coefficient (Wildman–Crippen LogP) is 2.83. The van der Waals surface area contributed by atoms with Crippen molar-refractivity contribution in [3.05, 3.63) is 40.8 Å². The van der Waals surface area contributed by atoms with Gasteiger partial charge in [-0.05, 0) is 31.2 Å². The summed E-state index contributed by atoms with van der Waals surface area (Å²) in [6.45, 7) is 1.77. The van der Waals surface area contributed by atoms with Crippen LogP contribution in [-0.4, -0.2) is 9.97 Å². The van der Waals surface area contributed by atoms with Gasteiger partial charge in [0.25, 0.3) is 0 Å². The van der Waals surface area contributed by atoms with Crippen molar-refractivity contribution in [2.75, 3.05) is 5.73 Å². The van der Waals surface area contributed by atoms with Crippen molar-refractivity contribution in [2.45, 2.75) is 6.92 Å². The van der Waals surface area contributed by atoms with Crippen molar-refractivity contribution in [1.29, 1.82) is 0 Å². The Balaban J connectivity index is 2.58. The van der Waals surface area contributed by atoms with Crippen LogP contribution in [0.3, 0.4) is 0 Å². The molecule has 0 aliphatic rings. The van der Waals surface area contributed by atoms with E-state index in [1.165, 1.54) is 6.07 Å². The maximum Gasteiger partial charge on any atom is 0.220 e. The molecule has 0 bridgehead atoms. The molecule has 0 unspecified atom stereocenters. The fourth-order valence-corrected chi connectivity index (χ4v) is 1.59. The summed E-state index contributed by atoms with van der Waals surface area (Å²) in [5.41, 5.74) is 7.02. The Bertz CT molecular complexity index is 522. The first-order valence-corrected chi connectivity index (χ1v) is 5.00. The number of rotatable bonds is 1. The average molecular weight is 238 g/mol. The van der Waals surface area contributed by atoms with E-state index in [1.54, 1.807) is 25.1 Å². The molecule has 2 rings (SSSR count). The zero-order valence-electron chi connectivity index (χ0n) is 8.54. The molecule has 3 nitrogen and oxygen atoms in total. The Labute approximate surface area is 97.1 Å². The van der Waals surface area contributed by atoms with E-state index in [0.29, 0.717) is 22.0 Å². The molecule has 0 saturated heterocycles. The van der Waals surface area contributed by atoms with Crippen molar-refractivity contribution in [2.24, 2.45) is 0 Å². The Morgan fingerprint density at radius 1 is 1.25 bits per heavy atom. The second kappa shape index (κ2) is 4.06. The largest absolute Gasteiger partial charge is 0.368 e. The van der Waals surface area contributed by atoms with Gasteiger partial charge in [0.2, 0.25) is 5.95 Å². The number of benzene rings is 1. The number of nitrogens with two attached hydrogens (primary N) is 1. The van der Waals surface area contributed by atoms with Crippen LogP contribution in [0.1, 0.15) is 5.69 Å². The molecule has 82 valence electrons. The second-order valence-corrected chi connectivity index (χ2v) is 3.81. The van der Waals surface area contributed by atoms with Crippen LogP contribution < -0.4 is 5.73 Å². The van der Waals surface area contributed by atoms with Crippen molar-refractivity contribution in [3.63, 3.8) is 0 Å². The highest BCUT2D eigenvalue weighted by atomic mass is 35.5. The highest BCUT2D eigenvalue weighted by molar-refractivity contribution is 6.30. The third-order valence-corrected chi connectivity index (χ3v) is 2.31. The maximum absolute atomic E-state index is 13.6. The van der Waals surface area contributed by atoms with Crippen LogP contribution in [0.2, 0.25) is 5.02 Å². The molecule has 0 radical (unpaired) electrons. The van der Waals surface area contributed by atoms with Crippen LogP contribution in [0, 0.1) is 12.7 Å². The fraction of sp³-hybridized carbons (Fsp3) is 0.0909. The van der Waals surface area contributed by atoms with Gasteiger partial charge in [0.05, 0.1) is 5.69 Å². The first kappa shape index (κ1) is 10.8. The Morgan fingerprint density at radius 3 is 2.62 bits per heavy atom. The van der Waals surface area contributed by atoms with Crippen LogP contribution in [0.25, 0.3) is 11.3 Å². The fourth-order valence-electron chi connectivity index (χ4n) is 1.43. The number of anilines is 1. The van der Waals surface area contributed by atoms with E-state index in [9.17, 15) is 4.39 Å². The number of hydrogen-bond donors (Lipinski definition) is 1. The SMILES string of the molecule is Cc1cc(-c2ccc(Cl)cc2F)nc(N)n1. The standard InChI is InChI=1S/C11H9ClFN3/c1-6-4-10(16-11(14)15-6)8-3-2-7(12)5-9(8)13/h2-5H,1H3,(H2,14,15,16). The predicted molar refractivity (Wildman–Crippen MR) is 61.6 cm³/mol. The molecule has 0 atom stereocenters. The summed E-state index contributed by atoms with van der Waals surface area (Å²) < 4.78 is 13.6. The maximum atomic E-state index is 13.6. The van der Waals surface area contributed by atoms with Crippen LogP contribution in [0.5, 0.6) is 0 Å². The van der Waals surface area contributed by atoms with Gasteiger partial charge in [-0.15, -0.1) is 0 Å². The smallest absolute Gasteiger partial charge is 0.220 e. The third kappa shape index (κ3) is 2.12. The van der Waals surface area contributed by atoms with Crippen molar-refractivity contribution < 1.29 is 4.39 Å². The summed E-state index contributed by atoms with van der Waals surface area (Å²) in [4.78, 5) is 7.90. The van der Waals surface area contributed by atoms with Gasteiger partial charge in [-0.1, -0.05) is 11.6 Å². The lowest BCUT2D eigenvalue weighted by Gasteiger charge is -2.04. The lowest BCUT2D eigenvalue weighted by molar-refractivity contribution is 0.631. The number of aromatic nitrogens is 2. The van der Waals surface area contributed by atoms with E-state index in [4.69, 9.17) is 17.3 Å². The number of nitrogen functional groups attached to an aromatic ring is 1. The topological polar surface area (TPSA) is 51.8 Å². The van der Waals surface area contributed by atoms with Gasteiger partial charge in [0, 0.05) is 16.3 Å². The van der Waals surface area contributed by atoms with Gasteiger partial charge in [0.1, 0.15) is 5.82 Å². The minimum absolute atomic E-state index is 0.129. The molecule has 0 aliphatic carbocycles. The molecule has 0 saturated carbocycles. The summed E-state index contributed by atoms with van der Waals surface area (Å²) in [6.07, 6.45) is 0. The zero-order valence-corrected chi connectivity index (χ0v) is 9.29. The minimum atomic E-state index is -0.426. The monoisotopic (exact) mass is 237 g/mol. The van der Waals surface area contributed by atoms with Gasteiger partial charge in [-0.25, -0.2) is 14.4 Å². The molecular weight excluding hydrogens is 229 g/mol. The van der Waals surface area contributed by atoms with Crippen molar-refractivity contribution >= 4 is 17.5 Å². The third-order valence-electron chi connectivity index (χ3n) is 2.08.